The summed E-state index contributed by atoms with van der Waals surface area (Å²) in [5, 5.41) is 12.6. The molecule has 9 nitrogen and oxygen atoms in total. The van der Waals surface area contributed by atoms with Gasteiger partial charge < -0.3 is 24.4 Å². The zero-order valence-corrected chi connectivity index (χ0v) is 20.3. The maximum absolute atomic E-state index is 12.7. The number of carbonyl (C=O) groups is 1. The molecule has 1 aromatic heterocycles. The predicted molar refractivity (Wildman–Crippen MR) is 125 cm³/mol. The quantitative estimate of drug-likeness (QED) is 0.538. The Morgan fingerprint density at radius 1 is 1.19 bits per heavy atom. The summed E-state index contributed by atoms with van der Waals surface area (Å²) in [4.78, 5) is 14.9. The second-order valence-corrected chi connectivity index (χ2v) is 9.01. The Kier molecular flexibility index (Phi) is 8.63. The smallest absolute Gasteiger partial charge is 0.230 e. The van der Waals surface area contributed by atoms with Gasteiger partial charge in [0.15, 0.2) is 5.16 Å². The number of nitrogens with one attached hydrogen (secondary N) is 1. The van der Waals surface area contributed by atoms with Gasteiger partial charge in [-0.25, -0.2) is 0 Å². The first-order chi connectivity index (χ1) is 15.4. The maximum atomic E-state index is 12.7. The summed E-state index contributed by atoms with van der Waals surface area (Å²) in [5.41, 5.74) is 0.864. The van der Waals surface area contributed by atoms with Gasteiger partial charge in [-0.1, -0.05) is 25.6 Å². The van der Waals surface area contributed by atoms with Gasteiger partial charge in [0.2, 0.25) is 11.9 Å². The van der Waals surface area contributed by atoms with Gasteiger partial charge in [-0.3, -0.25) is 9.36 Å². The van der Waals surface area contributed by atoms with E-state index in [0.29, 0.717) is 30.6 Å². The molecule has 1 amide bonds. The third kappa shape index (κ3) is 6.07. The van der Waals surface area contributed by atoms with Crippen LogP contribution in [0, 0.1) is 5.92 Å². The number of rotatable bonds is 10. The molecule has 0 saturated carbocycles. The van der Waals surface area contributed by atoms with Crippen LogP contribution in [0.1, 0.15) is 32.4 Å². The van der Waals surface area contributed by atoms with E-state index < -0.39 is 0 Å². The first kappa shape index (κ1) is 24.2. The SMILES string of the molecule is COc1ccc(OC)c(C(C)NC(=O)CSc2nnc(N3CCOCC3)n2CC(C)C)c1. The van der Waals surface area contributed by atoms with Crippen molar-refractivity contribution in [2.75, 3.05) is 51.2 Å². The van der Waals surface area contributed by atoms with Crippen LogP contribution in [0.3, 0.4) is 0 Å². The Labute approximate surface area is 193 Å². The molecule has 3 rings (SSSR count). The molecule has 0 spiro atoms. The zero-order chi connectivity index (χ0) is 23.1. The molecule has 1 unspecified atom stereocenters. The molecule has 0 aliphatic carbocycles. The standard InChI is InChI=1S/C22H33N5O4S/c1-15(2)13-27-21(26-8-10-31-11-9-26)24-25-22(27)32-14-20(28)23-16(3)18-12-17(29-4)6-7-19(18)30-5/h6-7,12,15-16H,8-11,13-14H2,1-5H3,(H,23,28). The monoisotopic (exact) mass is 463 g/mol. The van der Waals surface area contributed by atoms with Gasteiger partial charge in [0.25, 0.3) is 0 Å². The first-order valence-electron chi connectivity index (χ1n) is 10.8. The highest BCUT2D eigenvalue weighted by Crippen LogP contribution is 2.29. The normalized spacial score (nSPS) is 15.0. The van der Waals surface area contributed by atoms with Crippen LogP contribution in [-0.4, -0.2) is 66.9 Å². The Hall–Kier alpha value is -2.46. The summed E-state index contributed by atoms with van der Waals surface area (Å²) in [5.74, 6) is 2.86. The van der Waals surface area contributed by atoms with Crippen LogP contribution in [0.25, 0.3) is 0 Å². The summed E-state index contributed by atoms with van der Waals surface area (Å²) < 4.78 is 18.3. The van der Waals surface area contributed by atoms with E-state index in [1.165, 1.54) is 11.8 Å². The highest BCUT2D eigenvalue weighted by Gasteiger charge is 2.22. The van der Waals surface area contributed by atoms with Crippen molar-refractivity contribution in [3.8, 4) is 11.5 Å². The largest absolute Gasteiger partial charge is 0.497 e. The molecule has 1 N–H and O–H groups in total. The van der Waals surface area contributed by atoms with Gasteiger partial charge in [0.1, 0.15) is 11.5 Å². The van der Waals surface area contributed by atoms with Crippen molar-refractivity contribution in [2.24, 2.45) is 5.92 Å². The lowest BCUT2D eigenvalue weighted by Gasteiger charge is -2.28. The van der Waals surface area contributed by atoms with Crippen LogP contribution in [0.2, 0.25) is 0 Å². The molecule has 0 radical (unpaired) electrons. The molecule has 176 valence electrons. The molecule has 2 aromatic rings. The van der Waals surface area contributed by atoms with Crippen LogP contribution in [0.5, 0.6) is 11.5 Å². The first-order valence-corrected chi connectivity index (χ1v) is 11.8. The van der Waals surface area contributed by atoms with Crippen molar-refractivity contribution in [3.63, 3.8) is 0 Å². The maximum Gasteiger partial charge on any atom is 0.230 e. The number of methoxy groups -OCH3 is 2. The molecular formula is C22H33N5O4S. The van der Waals surface area contributed by atoms with E-state index in [1.54, 1.807) is 14.2 Å². The average molecular weight is 464 g/mol. The Balaban J connectivity index is 1.66. The third-order valence-electron chi connectivity index (χ3n) is 5.15. The molecule has 2 heterocycles. The third-order valence-corrected chi connectivity index (χ3v) is 6.12. The summed E-state index contributed by atoms with van der Waals surface area (Å²) in [6.45, 7) is 10.00. The van der Waals surface area contributed by atoms with Gasteiger partial charge in [-0.05, 0) is 31.0 Å². The van der Waals surface area contributed by atoms with Crippen LogP contribution >= 0.6 is 11.8 Å². The Bertz CT molecular complexity index is 898. The van der Waals surface area contributed by atoms with Crippen molar-refractivity contribution in [1.29, 1.82) is 0 Å². The lowest BCUT2D eigenvalue weighted by Crippen LogP contribution is -2.38. The second kappa shape index (κ2) is 11.4. The summed E-state index contributed by atoms with van der Waals surface area (Å²) >= 11 is 1.40. The number of anilines is 1. The van der Waals surface area contributed by atoms with Crippen molar-refractivity contribution >= 4 is 23.6 Å². The fourth-order valence-corrected chi connectivity index (χ4v) is 4.33. The van der Waals surface area contributed by atoms with Crippen LogP contribution in [0.4, 0.5) is 5.95 Å². The van der Waals surface area contributed by atoms with E-state index in [9.17, 15) is 4.79 Å². The summed E-state index contributed by atoms with van der Waals surface area (Å²) in [6, 6.07) is 5.32. The van der Waals surface area contributed by atoms with E-state index >= 15 is 0 Å². The molecule has 1 aliphatic heterocycles. The molecule has 1 atom stereocenters. The Morgan fingerprint density at radius 3 is 2.59 bits per heavy atom. The van der Waals surface area contributed by atoms with Crippen molar-refractivity contribution in [1.82, 2.24) is 20.1 Å². The second-order valence-electron chi connectivity index (χ2n) is 8.07. The van der Waals surface area contributed by atoms with E-state index in [1.807, 2.05) is 25.1 Å². The summed E-state index contributed by atoms with van der Waals surface area (Å²) in [7, 11) is 3.23. The molecule has 0 bridgehead atoms. The number of benzene rings is 1. The number of morpholine rings is 1. The minimum absolute atomic E-state index is 0.0839. The van der Waals surface area contributed by atoms with Gasteiger partial charge in [-0.15, -0.1) is 10.2 Å². The number of amides is 1. The lowest BCUT2D eigenvalue weighted by atomic mass is 10.1. The van der Waals surface area contributed by atoms with E-state index in [2.05, 4.69) is 38.8 Å². The van der Waals surface area contributed by atoms with Gasteiger partial charge in [-0.2, -0.15) is 0 Å². The van der Waals surface area contributed by atoms with Crippen LogP contribution in [0.15, 0.2) is 23.4 Å². The fraction of sp³-hybridized carbons (Fsp3) is 0.591. The fourth-order valence-electron chi connectivity index (χ4n) is 3.58. The predicted octanol–water partition coefficient (Wildman–Crippen LogP) is 2.76. The minimum Gasteiger partial charge on any atom is -0.497 e. The molecular weight excluding hydrogens is 430 g/mol. The number of aromatic nitrogens is 3. The minimum atomic E-state index is -0.231. The number of hydrogen-bond donors (Lipinski definition) is 1. The molecule has 1 saturated heterocycles. The number of hydrogen-bond acceptors (Lipinski definition) is 8. The number of carbonyl (C=O) groups excluding carboxylic acids is 1. The van der Waals surface area contributed by atoms with Gasteiger partial charge in [0.05, 0.1) is 39.2 Å². The van der Waals surface area contributed by atoms with Gasteiger partial charge in [0, 0.05) is 25.2 Å². The van der Waals surface area contributed by atoms with Crippen LogP contribution < -0.4 is 19.7 Å². The van der Waals surface area contributed by atoms with Crippen LogP contribution in [-0.2, 0) is 16.1 Å². The highest BCUT2D eigenvalue weighted by atomic mass is 32.2. The van der Waals surface area contributed by atoms with E-state index in [-0.39, 0.29) is 17.7 Å². The van der Waals surface area contributed by atoms with E-state index in [0.717, 1.165) is 36.3 Å². The highest BCUT2D eigenvalue weighted by molar-refractivity contribution is 7.99. The van der Waals surface area contributed by atoms with Crippen molar-refractivity contribution < 1.29 is 19.0 Å². The van der Waals surface area contributed by atoms with Gasteiger partial charge >= 0.3 is 0 Å². The van der Waals surface area contributed by atoms with E-state index in [4.69, 9.17) is 14.2 Å². The molecule has 10 heteroatoms. The lowest BCUT2D eigenvalue weighted by molar-refractivity contribution is -0.119. The number of ether oxygens (including phenoxy) is 3. The van der Waals surface area contributed by atoms with Crippen molar-refractivity contribution in [3.05, 3.63) is 23.8 Å². The number of thioether (sulfide) groups is 1. The Morgan fingerprint density at radius 2 is 1.94 bits per heavy atom. The zero-order valence-electron chi connectivity index (χ0n) is 19.5. The number of nitrogens with zero attached hydrogens (tertiary/aromatic N) is 4. The summed E-state index contributed by atoms with van der Waals surface area (Å²) in [6.07, 6.45) is 0. The molecule has 1 aliphatic rings. The molecule has 32 heavy (non-hydrogen) atoms. The van der Waals surface area contributed by atoms with Crippen molar-refractivity contribution in [2.45, 2.75) is 38.5 Å². The molecule has 1 aromatic carbocycles. The average Bonchev–Trinajstić information content (AvgIpc) is 3.19. The molecule has 1 fully saturated rings. The topological polar surface area (TPSA) is 90.7 Å².